The molecule has 0 radical (unpaired) electrons. The highest BCUT2D eigenvalue weighted by molar-refractivity contribution is 5.91. The van der Waals surface area contributed by atoms with Gasteiger partial charge < -0.3 is 15.1 Å². The van der Waals surface area contributed by atoms with Crippen LogP contribution >= 0.6 is 0 Å². The van der Waals surface area contributed by atoms with Gasteiger partial charge in [-0.05, 0) is 30.9 Å². The summed E-state index contributed by atoms with van der Waals surface area (Å²) in [7, 11) is 0. The fourth-order valence-electron chi connectivity index (χ4n) is 1.53. The van der Waals surface area contributed by atoms with Crippen LogP contribution in [0.5, 0.6) is 0 Å². The van der Waals surface area contributed by atoms with Crippen molar-refractivity contribution in [3.8, 4) is 0 Å². The molecule has 19 heavy (non-hydrogen) atoms. The molecule has 0 saturated carbocycles. The highest BCUT2D eigenvalue weighted by Gasteiger charge is 2.07. The number of carbonyl (C=O) groups excluding carboxylic acids is 2. The molecule has 2 amide bonds. The summed E-state index contributed by atoms with van der Waals surface area (Å²) < 4.78 is 4.96. The molecule has 1 heterocycles. The average molecular weight is 266 g/mol. The summed E-state index contributed by atoms with van der Waals surface area (Å²) in [6, 6.07) is 3.27. The van der Waals surface area contributed by atoms with Crippen molar-refractivity contribution in [2.24, 2.45) is 5.92 Å². The van der Waals surface area contributed by atoms with E-state index in [1.807, 2.05) is 0 Å². The maximum Gasteiger partial charge on any atom is 0.286 e. The van der Waals surface area contributed by atoms with E-state index in [4.69, 9.17) is 4.42 Å². The molecule has 0 aliphatic heterocycles. The van der Waals surface area contributed by atoms with Crippen molar-refractivity contribution in [3.05, 3.63) is 24.2 Å². The number of amides is 2. The monoisotopic (exact) mass is 266 g/mol. The van der Waals surface area contributed by atoms with E-state index in [2.05, 4.69) is 24.5 Å². The third-order valence-corrected chi connectivity index (χ3v) is 2.65. The van der Waals surface area contributed by atoms with Gasteiger partial charge in [0.05, 0.1) is 6.26 Å². The van der Waals surface area contributed by atoms with E-state index in [9.17, 15) is 9.59 Å². The second-order valence-corrected chi connectivity index (χ2v) is 4.87. The maximum absolute atomic E-state index is 11.5. The van der Waals surface area contributed by atoms with Gasteiger partial charge in [0.15, 0.2) is 5.76 Å². The average Bonchev–Trinajstić information content (AvgIpc) is 2.87. The standard InChI is InChI=1S/C14H22N2O3/c1-11(2)7-9-15-13(17)6-3-8-16-14(18)12-5-4-10-19-12/h4-5,10-11H,3,6-9H2,1-2H3,(H,15,17)(H,16,18). The van der Waals surface area contributed by atoms with Crippen LogP contribution in [-0.2, 0) is 4.79 Å². The molecule has 0 saturated heterocycles. The summed E-state index contributed by atoms with van der Waals surface area (Å²) in [5.74, 6) is 0.674. The summed E-state index contributed by atoms with van der Waals surface area (Å²) in [5, 5.41) is 5.56. The van der Waals surface area contributed by atoms with E-state index in [0.717, 1.165) is 13.0 Å². The normalized spacial score (nSPS) is 10.5. The quantitative estimate of drug-likeness (QED) is 0.706. The van der Waals surface area contributed by atoms with Crippen LogP contribution in [0.1, 0.15) is 43.7 Å². The lowest BCUT2D eigenvalue weighted by Gasteiger charge is -2.07. The fraction of sp³-hybridized carbons (Fsp3) is 0.571. The molecule has 0 spiro atoms. The molecule has 0 atom stereocenters. The number of rotatable bonds is 8. The Bertz CT molecular complexity index is 385. The van der Waals surface area contributed by atoms with Crippen molar-refractivity contribution in [2.75, 3.05) is 13.1 Å². The summed E-state index contributed by atoms with van der Waals surface area (Å²) in [6.07, 6.45) is 3.49. The second kappa shape index (κ2) is 8.34. The van der Waals surface area contributed by atoms with Crippen molar-refractivity contribution in [1.82, 2.24) is 10.6 Å². The third-order valence-electron chi connectivity index (χ3n) is 2.65. The van der Waals surface area contributed by atoms with Crippen LogP contribution < -0.4 is 10.6 Å². The lowest BCUT2D eigenvalue weighted by Crippen LogP contribution is -2.28. The van der Waals surface area contributed by atoms with E-state index in [1.165, 1.54) is 6.26 Å². The SMILES string of the molecule is CC(C)CCNC(=O)CCCNC(=O)c1ccco1. The van der Waals surface area contributed by atoms with Gasteiger partial charge in [0.1, 0.15) is 0 Å². The molecule has 0 aromatic carbocycles. The van der Waals surface area contributed by atoms with Crippen molar-refractivity contribution >= 4 is 11.8 Å². The van der Waals surface area contributed by atoms with Gasteiger partial charge in [-0.2, -0.15) is 0 Å². The Labute approximate surface area is 113 Å². The minimum atomic E-state index is -0.245. The van der Waals surface area contributed by atoms with E-state index in [-0.39, 0.29) is 11.8 Å². The molecule has 2 N–H and O–H groups in total. The van der Waals surface area contributed by atoms with Crippen LogP contribution in [0.15, 0.2) is 22.8 Å². The van der Waals surface area contributed by atoms with E-state index < -0.39 is 0 Å². The highest BCUT2D eigenvalue weighted by atomic mass is 16.3. The third kappa shape index (κ3) is 6.64. The Morgan fingerprint density at radius 1 is 1.26 bits per heavy atom. The zero-order chi connectivity index (χ0) is 14.1. The molecular weight excluding hydrogens is 244 g/mol. The zero-order valence-corrected chi connectivity index (χ0v) is 11.6. The number of furan rings is 1. The van der Waals surface area contributed by atoms with Gasteiger partial charge in [0.25, 0.3) is 5.91 Å². The highest BCUT2D eigenvalue weighted by Crippen LogP contribution is 1.99. The first kappa shape index (κ1) is 15.3. The minimum Gasteiger partial charge on any atom is -0.459 e. The van der Waals surface area contributed by atoms with Crippen molar-refractivity contribution in [1.29, 1.82) is 0 Å². The predicted molar refractivity (Wildman–Crippen MR) is 72.7 cm³/mol. The largest absolute Gasteiger partial charge is 0.459 e. The number of carbonyl (C=O) groups is 2. The first-order valence-electron chi connectivity index (χ1n) is 6.68. The van der Waals surface area contributed by atoms with E-state index >= 15 is 0 Å². The van der Waals surface area contributed by atoms with Gasteiger partial charge in [0.2, 0.25) is 5.91 Å². The lowest BCUT2D eigenvalue weighted by atomic mass is 10.1. The topological polar surface area (TPSA) is 71.3 Å². The molecule has 0 bridgehead atoms. The van der Waals surface area contributed by atoms with Gasteiger partial charge >= 0.3 is 0 Å². The summed E-state index contributed by atoms with van der Waals surface area (Å²) >= 11 is 0. The van der Waals surface area contributed by atoms with Gasteiger partial charge in [0, 0.05) is 19.5 Å². The molecule has 5 heteroatoms. The smallest absolute Gasteiger partial charge is 0.286 e. The molecule has 1 rings (SSSR count). The Morgan fingerprint density at radius 3 is 2.68 bits per heavy atom. The van der Waals surface area contributed by atoms with Gasteiger partial charge in [-0.15, -0.1) is 0 Å². The predicted octanol–water partition coefficient (Wildman–Crippen LogP) is 1.95. The van der Waals surface area contributed by atoms with Crippen LogP contribution in [0.3, 0.4) is 0 Å². The molecule has 0 unspecified atom stereocenters. The van der Waals surface area contributed by atoms with Crippen LogP contribution in [-0.4, -0.2) is 24.9 Å². The molecule has 5 nitrogen and oxygen atoms in total. The van der Waals surface area contributed by atoms with Crippen LogP contribution in [0.25, 0.3) is 0 Å². The number of nitrogens with one attached hydrogen (secondary N) is 2. The zero-order valence-electron chi connectivity index (χ0n) is 11.6. The first-order chi connectivity index (χ1) is 9.09. The summed E-state index contributed by atoms with van der Waals surface area (Å²) in [6.45, 7) is 5.43. The first-order valence-corrected chi connectivity index (χ1v) is 6.68. The maximum atomic E-state index is 11.5. The van der Waals surface area contributed by atoms with Crippen molar-refractivity contribution in [3.63, 3.8) is 0 Å². The Balaban J connectivity index is 2.04. The lowest BCUT2D eigenvalue weighted by molar-refractivity contribution is -0.121. The van der Waals surface area contributed by atoms with E-state index in [1.54, 1.807) is 12.1 Å². The molecular formula is C14H22N2O3. The molecule has 0 fully saturated rings. The van der Waals surface area contributed by atoms with Gasteiger partial charge in [-0.25, -0.2) is 0 Å². The van der Waals surface area contributed by atoms with Crippen LogP contribution in [0, 0.1) is 5.92 Å². The Kier molecular flexibility index (Phi) is 6.71. The molecule has 1 aromatic rings. The molecule has 0 aliphatic rings. The van der Waals surface area contributed by atoms with Crippen molar-refractivity contribution < 1.29 is 14.0 Å². The van der Waals surface area contributed by atoms with Crippen molar-refractivity contribution in [2.45, 2.75) is 33.1 Å². The van der Waals surface area contributed by atoms with Crippen LogP contribution in [0.4, 0.5) is 0 Å². The minimum absolute atomic E-state index is 0.0351. The van der Waals surface area contributed by atoms with Crippen LogP contribution in [0.2, 0.25) is 0 Å². The fourth-order valence-corrected chi connectivity index (χ4v) is 1.53. The summed E-state index contributed by atoms with van der Waals surface area (Å²) in [4.78, 5) is 22.9. The number of hydrogen-bond donors (Lipinski definition) is 2. The number of hydrogen-bond acceptors (Lipinski definition) is 3. The summed E-state index contributed by atoms with van der Waals surface area (Å²) in [5.41, 5.74) is 0. The van der Waals surface area contributed by atoms with Gasteiger partial charge in [-0.3, -0.25) is 9.59 Å². The Hall–Kier alpha value is -1.78. The molecule has 1 aromatic heterocycles. The molecule has 0 aliphatic carbocycles. The Morgan fingerprint density at radius 2 is 2.05 bits per heavy atom. The second-order valence-electron chi connectivity index (χ2n) is 4.87. The van der Waals surface area contributed by atoms with Gasteiger partial charge in [-0.1, -0.05) is 13.8 Å². The molecule has 106 valence electrons. The van der Waals surface area contributed by atoms with E-state index in [0.29, 0.717) is 31.1 Å².